The standard InChI is InChI=1S/C24H21ClN4O2/c25-18-7-4-10-20(14-18)31-23-12-11-22-26-15-21(29(22)28-23)16-5-3-6-17(13-16)24(30)27-19-8-1-2-9-19/h3-7,10-15,19H,1-2,8-9H2,(H,27,30). The van der Waals surface area contributed by atoms with E-state index in [0.717, 1.165) is 24.1 Å². The number of rotatable bonds is 5. The highest BCUT2D eigenvalue weighted by Gasteiger charge is 2.18. The number of carbonyl (C=O) groups excluding carboxylic acids is 1. The number of ether oxygens (including phenoxy) is 1. The molecule has 6 nitrogen and oxygen atoms in total. The van der Waals surface area contributed by atoms with Crippen LogP contribution in [0.5, 0.6) is 11.6 Å². The normalized spacial score (nSPS) is 14.1. The molecule has 0 bridgehead atoms. The summed E-state index contributed by atoms with van der Waals surface area (Å²) in [5.41, 5.74) is 2.96. The van der Waals surface area contributed by atoms with Gasteiger partial charge in [-0.2, -0.15) is 0 Å². The molecular formula is C24H21ClN4O2. The summed E-state index contributed by atoms with van der Waals surface area (Å²) in [6, 6.07) is 18.6. The van der Waals surface area contributed by atoms with E-state index in [1.807, 2.05) is 42.5 Å². The molecule has 1 fully saturated rings. The van der Waals surface area contributed by atoms with Crippen molar-refractivity contribution in [3.8, 4) is 22.9 Å². The number of hydrogen-bond acceptors (Lipinski definition) is 4. The van der Waals surface area contributed by atoms with E-state index >= 15 is 0 Å². The number of hydrogen-bond donors (Lipinski definition) is 1. The van der Waals surface area contributed by atoms with Crippen molar-refractivity contribution in [1.29, 1.82) is 0 Å². The van der Waals surface area contributed by atoms with Crippen LogP contribution in [0, 0.1) is 0 Å². The van der Waals surface area contributed by atoms with Gasteiger partial charge in [-0.3, -0.25) is 4.79 Å². The Bertz CT molecular complexity index is 1250. The van der Waals surface area contributed by atoms with Gasteiger partial charge in [0.15, 0.2) is 5.65 Å². The molecule has 156 valence electrons. The van der Waals surface area contributed by atoms with Gasteiger partial charge < -0.3 is 10.1 Å². The van der Waals surface area contributed by atoms with Crippen LogP contribution in [0.25, 0.3) is 16.9 Å². The third kappa shape index (κ3) is 4.25. The second kappa shape index (κ2) is 8.40. The fourth-order valence-corrected chi connectivity index (χ4v) is 4.10. The predicted octanol–water partition coefficient (Wildman–Crippen LogP) is 5.51. The Morgan fingerprint density at radius 3 is 2.74 bits per heavy atom. The third-order valence-corrected chi connectivity index (χ3v) is 5.70. The fourth-order valence-electron chi connectivity index (χ4n) is 3.92. The Labute approximate surface area is 184 Å². The Kier molecular flexibility index (Phi) is 5.30. The topological polar surface area (TPSA) is 68.5 Å². The molecule has 0 aliphatic heterocycles. The molecule has 2 aromatic carbocycles. The van der Waals surface area contributed by atoms with Crippen LogP contribution in [-0.2, 0) is 0 Å². The van der Waals surface area contributed by atoms with Crippen LogP contribution in [0.3, 0.4) is 0 Å². The summed E-state index contributed by atoms with van der Waals surface area (Å²) < 4.78 is 7.57. The van der Waals surface area contributed by atoms with E-state index in [4.69, 9.17) is 16.3 Å². The van der Waals surface area contributed by atoms with Crippen LogP contribution in [0.2, 0.25) is 5.02 Å². The molecule has 1 aliphatic rings. The van der Waals surface area contributed by atoms with Crippen LogP contribution >= 0.6 is 11.6 Å². The average molecular weight is 433 g/mol. The molecule has 0 spiro atoms. The SMILES string of the molecule is O=C(NC1CCCC1)c1cccc(-c2cnc3ccc(Oc4cccc(Cl)c4)nn23)c1. The predicted molar refractivity (Wildman–Crippen MR) is 120 cm³/mol. The summed E-state index contributed by atoms with van der Waals surface area (Å²) in [4.78, 5) is 17.1. The van der Waals surface area contributed by atoms with Crippen molar-refractivity contribution < 1.29 is 9.53 Å². The van der Waals surface area contributed by atoms with Gasteiger partial charge in [-0.25, -0.2) is 9.50 Å². The highest BCUT2D eigenvalue weighted by Crippen LogP contribution is 2.26. The highest BCUT2D eigenvalue weighted by atomic mass is 35.5. The summed E-state index contributed by atoms with van der Waals surface area (Å²) in [6.45, 7) is 0. The molecule has 2 heterocycles. The molecular weight excluding hydrogens is 412 g/mol. The van der Waals surface area contributed by atoms with Crippen LogP contribution in [0.4, 0.5) is 0 Å². The number of imidazole rings is 1. The number of benzene rings is 2. The van der Waals surface area contributed by atoms with Gasteiger partial charge in [0.25, 0.3) is 5.91 Å². The van der Waals surface area contributed by atoms with Crippen molar-refractivity contribution in [2.24, 2.45) is 0 Å². The largest absolute Gasteiger partial charge is 0.438 e. The van der Waals surface area contributed by atoms with E-state index < -0.39 is 0 Å². The first-order valence-corrected chi connectivity index (χ1v) is 10.7. The van der Waals surface area contributed by atoms with E-state index in [0.29, 0.717) is 27.9 Å². The van der Waals surface area contributed by atoms with E-state index in [1.165, 1.54) is 12.8 Å². The quantitative estimate of drug-likeness (QED) is 0.451. The molecule has 2 aromatic heterocycles. The fraction of sp³-hybridized carbons (Fsp3) is 0.208. The lowest BCUT2D eigenvalue weighted by molar-refractivity contribution is 0.0938. The molecule has 4 aromatic rings. The van der Waals surface area contributed by atoms with Crippen molar-refractivity contribution >= 4 is 23.2 Å². The Morgan fingerprint density at radius 2 is 1.90 bits per heavy atom. The van der Waals surface area contributed by atoms with Crippen molar-refractivity contribution in [3.63, 3.8) is 0 Å². The lowest BCUT2D eigenvalue weighted by Gasteiger charge is -2.12. The Morgan fingerprint density at radius 1 is 1.06 bits per heavy atom. The molecule has 1 saturated carbocycles. The van der Waals surface area contributed by atoms with E-state index in [-0.39, 0.29) is 11.9 Å². The first-order valence-electron chi connectivity index (χ1n) is 10.4. The van der Waals surface area contributed by atoms with Gasteiger partial charge in [0, 0.05) is 28.3 Å². The molecule has 0 atom stereocenters. The van der Waals surface area contributed by atoms with Gasteiger partial charge in [-0.15, -0.1) is 5.10 Å². The summed E-state index contributed by atoms with van der Waals surface area (Å²) in [5.74, 6) is 0.983. The van der Waals surface area contributed by atoms with Crippen LogP contribution in [0.15, 0.2) is 66.9 Å². The number of aromatic nitrogens is 3. The molecule has 1 amide bonds. The van der Waals surface area contributed by atoms with Gasteiger partial charge >= 0.3 is 0 Å². The summed E-state index contributed by atoms with van der Waals surface area (Å²) >= 11 is 6.04. The van der Waals surface area contributed by atoms with Gasteiger partial charge in [0.1, 0.15) is 5.75 Å². The van der Waals surface area contributed by atoms with Crippen molar-refractivity contribution in [1.82, 2.24) is 19.9 Å². The van der Waals surface area contributed by atoms with Gasteiger partial charge in [-0.05, 0) is 49.2 Å². The average Bonchev–Trinajstić information content (AvgIpc) is 3.43. The van der Waals surface area contributed by atoms with Gasteiger partial charge in [-0.1, -0.05) is 42.6 Å². The molecule has 0 radical (unpaired) electrons. The van der Waals surface area contributed by atoms with Crippen LogP contribution in [0.1, 0.15) is 36.0 Å². The summed E-state index contributed by atoms with van der Waals surface area (Å²) in [5, 5.41) is 8.31. The first-order chi connectivity index (χ1) is 15.2. The van der Waals surface area contributed by atoms with E-state index in [2.05, 4.69) is 15.4 Å². The zero-order chi connectivity index (χ0) is 21.2. The number of nitrogens with one attached hydrogen (secondary N) is 1. The molecule has 7 heteroatoms. The smallest absolute Gasteiger partial charge is 0.251 e. The lowest BCUT2D eigenvalue weighted by atomic mass is 10.1. The second-order valence-corrected chi connectivity index (χ2v) is 8.12. The molecule has 0 saturated heterocycles. The number of fused-ring (bicyclic) bond motifs is 1. The molecule has 31 heavy (non-hydrogen) atoms. The molecule has 5 rings (SSSR count). The first kappa shape index (κ1) is 19.6. The Hall–Kier alpha value is -3.38. The van der Waals surface area contributed by atoms with Crippen molar-refractivity contribution in [3.05, 3.63) is 77.4 Å². The van der Waals surface area contributed by atoms with E-state index in [1.54, 1.807) is 28.9 Å². The van der Waals surface area contributed by atoms with Crippen molar-refractivity contribution in [2.75, 3.05) is 0 Å². The maximum Gasteiger partial charge on any atom is 0.251 e. The van der Waals surface area contributed by atoms with Crippen LogP contribution in [-0.4, -0.2) is 26.5 Å². The van der Waals surface area contributed by atoms with Gasteiger partial charge in [0.2, 0.25) is 5.88 Å². The molecule has 1 N–H and O–H groups in total. The Balaban J connectivity index is 1.44. The van der Waals surface area contributed by atoms with E-state index in [9.17, 15) is 4.79 Å². The monoisotopic (exact) mass is 432 g/mol. The minimum Gasteiger partial charge on any atom is -0.438 e. The lowest BCUT2D eigenvalue weighted by Crippen LogP contribution is -2.32. The maximum atomic E-state index is 12.7. The minimum absolute atomic E-state index is 0.0412. The third-order valence-electron chi connectivity index (χ3n) is 5.47. The summed E-state index contributed by atoms with van der Waals surface area (Å²) in [6.07, 6.45) is 6.21. The van der Waals surface area contributed by atoms with Gasteiger partial charge in [0.05, 0.1) is 11.9 Å². The minimum atomic E-state index is -0.0412. The number of amides is 1. The number of halogens is 1. The second-order valence-electron chi connectivity index (χ2n) is 7.68. The zero-order valence-electron chi connectivity index (χ0n) is 16.8. The summed E-state index contributed by atoms with van der Waals surface area (Å²) in [7, 11) is 0. The highest BCUT2D eigenvalue weighted by molar-refractivity contribution is 6.30. The number of nitrogens with zero attached hydrogens (tertiary/aromatic N) is 3. The van der Waals surface area contributed by atoms with Crippen molar-refractivity contribution in [2.45, 2.75) is 31.7 Å². The maximum absolute atomic E-state index is 12.7. The zero-order valence-corrected chi connectivity index (χ0v) is 17.5. The van der Waals surface area contributed by atoms with Crippen LogP contribution < -0.4 is 10.1 Å². The molecule has 1 aliphatic carbocycles. The number of carbonyl (C=O) groups is 1. The molecule has 0 unspecified atom stereocenters.